The predicted molar refractivity (Wildman–Crippen MR) is 101 cm³/mol. The fourth-order valence-electron chi connectivity index (χ4n) is 5.25. The number of carbonyl (C=O) groups is 2. The molecule has 2 amide bonds. The summed E-state index contributed by atoms with van der Waals surface area (Å²) in [7, 11) is 0. The molecule has 2 saturated heterocycles. The van der Waals surface area contributed by atoms with Crippen molar-refractivity contribution in [3.05, 3.63) is 0 Å². The number of likely N-dealkylation sites (tertiary alicyclic amines) is 1. The normalized spacial score (nSPS) is 38.7. The van der Waals surface area contributed by atoms with E-state index < -0.39 is 16.6 Å². The van der Waals surface area contributed by atoms with E-state index in [9.17, 15) is 18.4 Å². The van der Waals surface area contributed by atoms with Crippen molar-refractivity contribution in [2.24, 2.45) is 22.7 Å². The number of fused-ring (bicyclic) bond motifs is 2. The van der Waals surface area contributed by atoms with Gasteiger partial charge in [-0.3, -0.25) is 14.6 Å². The van der Waals surface area contributed by atoms with Crippen molar-refractivity contribution in [3.8, 4) is 0 Å². The Morgan fingerprint density at radius 2 is 1.96 bits per heavy atom. The number of hydrogen-bond donors (Lipinski definition) is 1. The van der Waals surface area contributed by atoms with Crippen LogP contribution in [0.25, 0.3) is 0 Å². The number of carbonyl (C=O) groups excluding carboxylic acids is 2. The maximum Gasteiger partial charge on any atom is 0.322 e. The van der Waals surface area contributed by atoms with Crippen molar-refractivity contribution in [2.75, 3.05) is 13.1 Å². The Bertz CT molecular complexity index is 672. The number of rotatable bonds is 3. The number of nitrogens with zero attached hydrogens (tertiary/aromatic N) is 2. The van der Waals surface area contributed by atoms with Gasteiger partial charge in [0.05, 0.1) is 6.04 Å². The molecule has 0 aromatic carbocycles. The summed E-state index contributed by atoms with van der Waals surface area (Å²) in [4.78, 5) is 30.6. The van der Waals surface area contributed by atoms with Gasteiger partial charge in [-0.05, 0) is 56.8 Å². The minimum atomic E-state index is -3.34. The number of nitrogens with one attached hydrogen (secondary N) is 1. The fourth-order valence-corrected chi connectivity index (χ4v) is 6.53. The fraction of sp³-hybridized carbons (Fsp3) is 0.842. The second-order valence-corrected chi connectivity index (χ2v) is 10.2. The highest BCUT2D eigenvalue weighted by molar-refractivity contribution is 8.16. The molecule has 1 N–H and O–H groups in total. The SMILES string of the molecule is CC(F)(F)C(=O)N1CCC(C2(C)SC(=N[C@H]3C[C@@H]4CC[C@H]3C4)NC2=O)CC1. The van der Waals surface area contributed by atoms with Crippen LogP contribution in [0.2, 0.25) is 0 Å². The number of amidine groups is 1. The summed E-state index contributed by atoms with van der Waals surface area (Å²) in [6.45, 7) is 3.11. The highest BCUT2D eigenvalue weighted by atomic mass is 32.2. The molecule has 2 saturated carbocycles. The summed E-state index contributed by atoms with van der Waals surface area (Å²) in [5.41, 5.74) is 0. The van der Waals surface area contributed by atoms with Crippen LogP contribution in [-0.2, 0) is 9.59 Å². The van der Waals surface area contributed by atoms with Gasteiger partial charge in [-0.1, -0.05) is 18.2 Å². The van der Waals surface area contributed by atoms with Gasteiger partial charge in [-0.2, -0.15) is 8.78 Å². The van der Waals surface area contributed by atoms with Crippen LogP contribution in [-0.4, -0.2) is 51.7 Å². The lowest BCUT2D eigenvalue weighted by Crippen LogP contribution is -2.50. The molecule has 0 aromatic heterocycles. The summed E-state index contributed by atoms with van der Waals surface area (Å²) in [5, 5.41) is 3.68. The zero-order chi connectivity index (χ0) is 19.4. The first-order valence-corrected chi connectivity index (χ1v) is 10.7. The first-order valence-electron chi connectivity index (χ1n) is 9.92. The van der Waals surface area contributed by atoms with Crippen molar-refractivity contribution < 1.29 is 18.4 Å². The number of piperidine rings is 1. The van der Waals surface area contributed by atoms with E-state index in [1.807, 2.05) is 6.92 Å². The number of halogens is 2. The number of aliphatic imine (C=N–C) groups is 1. The Morgan fingerprint density at radius 1 is 1.26 bits per heavy atom. The molecule has 1 unspecified atom stereocenters. The lowest BCUT2D eigenvalue weighted by molar-refractivity contribution is -0.156. The molecule has 2 aliphatic carbocycles. The van der Waals surface area contributed by atoms with E-state index in [0.717, 1.165) is 17.5 Å². The van der Waals surface area contributed by atoms with E-state index in [1.165, 1.54) is 35.9 Å². The molecule has 2 heterocycles. The molecular weight excluding hydrogens is 372 g/mol. The Kier molecular flexibility index (Phi) is 4.76. The van der Waals surface area contributed by atoms with E-state index >= 15 is 0 Å². The molecule has 27 heavy (non-hydrogen) atoms. The van der Waals surface area contributed by atoms with Crippen LogP contribution in [0, 0.1) is 17.8 Å². The van der Waals surface area contributed by atoms with Gasteiger partial charge >= 0.3 is 5.92 Å². The second kappa shape index (κ2) is 6.71. The zero-order valence-electron chi connectivity index (χ0n) is 15.8. The maximum absolute atomic E-state index is 13.3. The van der Waals surface area contributed by atoms with Crippen molar-refractivity contribution in [1.29, 1.82) is 0 Å². The van der Waals surface area contributed by atoms with E-state index in [1.54, 1.807) is 0 Å². The molecule has 2 aliphatic heterocycles. The first-order chi connectivity index (χ1) is 12.7. The van der Waals surface area contributed by atoms with E-state index in [0.29, 0.717) is 31.7 Å². The standard InChI is InChI=1S/C19H27F2N3O2S/c1-18(13-5-7-24(8-6-13)16(26)19(2,20)21)15(25)23-17(27-18)22-14-10-11-3-4-12(14)9-11/h11-14H,3-10H2,1-2H3,(H,22,23,25)/t11-,12+,14+,18?/m1/s1. The van der Waals surface area contributed by atoms with Crippen molar-refractivity contribution in [2.45, 2.75) is 69.1 Å². The van der Waals surface area contributed by atoms with Gasteiger partial charge in [0.1, 0.15) is 4.75 Å². The molecule has 150 valence electrons. The van der Waals surface area contributed by atoms with Gasteiger partial charge in [-0.25, -0.2) is 0 Å². The van der Waals surface area contributed by atoms with Crippen LogP contribution in [0.15, 0.2) is 4.99 Å². The number of thioether (sulfide) groups is 1. The van der Waals surface area contributed by atoms with E-state index in [4.69, 9.17) is 4.99 Å². The third kappa shape index (κ3) is 3.49. The monoisotopic (exact) mass is 399 g/mol. The van der Waals surface area contributed by atoms with E-state index in [-0.39, 0.29) is 24.9 Å². The van der Waals surface area contributed by atoms with Crippen LogP contribution in [0.4, 0.5) is 8.78 Å². The molecule has 0 aromatic rings. The quantitative estimate of drug-likeness (QED) is 0.794. The van der Waals surface area contributed by atoms with Crippen LogP contribution < -0.4 is 5.32 Å². The van der Waals surface area contributed by atoms with Gasteiger partial charge < -0.3 is 10.2 Å². The largest absolute Gasteiger partial charge is 0.337 e. The molecule has 0 spiro atoms. The molecule has 2 bridgehead atoms. The number of hydrogen-bond acceptors (Lipinski definition) is 4. The first kappa shape index (κ1) is 19.2. The summed E-state index contributed by atoms with van der Waals surface area (Å²) in [6, 6.07) is 0.333. The summed E-state index contributed by atoms with van der Waals surface area (Å²) < 4.78 is 25.9. The van der Waals surface area contributed by atoms with Crippen LogP contribution in [0.3, 0.4) is 0 Å². The lowest BCUT2D eigenvalue weighted by Gasteiger charge is -2.38. The number of alkyl halides is 2. The lowest BCUT2D eigenvalue weighted by atomic mass is 9.84. The average molecular weight is 400 g/mol. The van der Waals surface area contributed by atoms with E-state index in [2.05, 4.69) is 5.32 Å². The molecule has 0 radical (unpaired) electrons. The highest BCUT2D eigenvalue weighted by Crippen LogP contribution is 2.48. The van der Waals surface area contributed by atoms with Crippen molar-refractivity contribution in [1.82, 2.24) is 10.2 Å². The Labute approximate surface area is 162 Å². The third-order valence-electron chi connectivity index (χ3n) is 6.90. The molecule has 8 heteroatoms. The molecule has 5 nitrogen and oxygen atoms in total. The molecule has 4 rings (SSSR count). The Balaban J connectivity index is 1.39. The van der Waals surface area contributed by atoms with Crippen LogP contribution in [0.5, 0.6) is 0 Å². The molecule has 4 fully saturated rings. The average Bonchev–Trinajstić information content (AvgIpc) is 3.29. The smallest absolute Gasteiger partial charge is 0.322 e. The molecule has 4 atom stereocenters. The number of amides is 2. The van der Waals surface area contributed by atoms with Gasteiger partial charge in [0.15, 0.2) is 5.17 Å². The van der Waals surface area contributed by atoms with Crippen molar-refractivity contribution in [3.63, 3.8) is 0 Å². The minimum absolute atomic E-state index is 0.0417. The van der Waals surface area contributed by atoms with Gasteiger partial charge in [0.2, 0.25) is 5.91 Å². The Hall–Kier alpha value is -1.18. The molecule has 4 aliphatic rings. The van der Waals surface area contributed by atoms with Gasteiger partial charge in [-0.15, -0.1) is 0 Å². The highest BCUT2D eigenvalue weighted by Gasteiger charge is 2.51. The third-order valence-corrected chi connectivity index (χ3v) is 8.24. The van der Waals surface area contributed by atoms with Crippen LogP contribution >= 0.6 is 11.8 Å². The van der Waals surface area contributed by atoms with Gasteiger partial charge in [0, 0.05) is 20.0 Å². The molecular formula is C19H27F2N3O2S. The van der Waals surface area contributed by atoms with Crippen molar-refractivity contribution >= 4 is 28.7 Å². The van der Waals surface area contributed by atoms with Gasteiger partial charge in [0.25, 0.3) is 5.91 Å². The van der Waals surface area contributed by atoms with Crippen LogP contribution in [0.1, 0.15) is 52.4 Å². The second-order valence-electron chi connectivity index (χ2n) is 8.79. The zero-order valence-corrected chi connectivity index (χ0v) is 16.7. The summed E-state index contributed by atoms with van der Waals surface area (Å²) in [6.07, 6.45) is 6.08. The topological polar surface area (TPSA) is 61.8 Å². The Morgan fingerprint density at radius 3 is 2.52 bits per heavy atom. The summed E-state index contributed by atoms with van der Waals surface area (Å²) in [5.74, 6) is -2.98. The maximum atomic E-state index is 13.3. The predicted octanol–water partition coefficient (Wildman–Crippen LogP) is 3.05. The minimum Gasteiger partial charge on any atom is -0.337 e. The summed E-state index contributed by atoms with van der Waals surface area (Å²) >= 11 is 1.49.